The minimum atomic E-state index is -0.987. The van der Waals surface area contributed by atoms with Crippen LogP contribution in [-0.2, 0) is 22.4 Å². The predicted octanol–water partition coefficient (Wildman–Crippen LogP) is 7.41. The van der Waals surface area contributed by atoms with Gasteiger partial charge in [0.2, 0.25) is 0 Å². The highest BCUT2D eigenvalue weighted by molar-refractivity contribution is 5.72. The molecule has 8 nitrogen and oxygen atoms in total. The van der Waals surface area contributed by atoms with Crippen molar-refractivity contribution in [1.29, 1.82) is 0 Å². The molecule has 0 aliphatic carbocycles. The second-order valence-electron chi connectivity index (χ2n) is 10.2. The van der Waals surface area contributed by atoms with Crippen LogP contribution in [0.5, 0.6) is 23.0 Å². The smallest absolute Gasteiger partial charge is 0.415 e. The second-order valence-corrected chi connectivity index (χ2v) is 10.2. The van der Waals surface area contributed by atoms with E-state index in [4.69, 9.17) is 18.9 Å². The van der Waals surface area contributed by atoms with Gasteiger partial charge in [-0.3, -0.25) is 0 Å². The number of ether oxygens (including phenoxy) is 4. The van der Waals surface area contributed by atoms with Crippen LogP contribution in [0, 0.1) is 0 Å². The van der Waals surface area contributed by atoms with Gasteiger partial charge in [-0.15, -0.1) is 0 Å². The molecule has 0 bridgehead atoms. The summed E-state index contributed by atoms with van der Waals surface area (Å²) in [5, 5.41) is 9.33. The highest BCUT2D eigenvalue weighted by Crippen LogP contribution is 2.24. The topological polar surface area (TPSA) is 94.5 Å². The van der Waals surface area contributed by atoms with Gasteiger partial charge in [0.25, 0.3) is 0 Å². The van der Waals surface area contributed by atoms with Crippen LogP contribution in [0.1, 0.15) is 30.9 Å². The molecule has 0 aromatic heterocycles. The fourth-order valence-electron chi connectivity index (χ4n) is 4.56. The number of aliphatic carboxylic acids is 1. The molecule has 4 rings (SSSR count). The van der Waals surface area contributed by atoms with Gasteiger partial charge in [-0.1, -0.05) is 60.7 Å². The molecular weight excluding hydrogens is 558 g/mol. The van der Waals surface area contributed by atoms with Crippen molar-refractivity contribution in [2.45, 2.75) is 38.7 Å². The van der Waals surface area contributed by atoms with Gasteiger partial charge >= 0.3 is 12.1 Å². The van der Waals surface area contributed by atoms with Gasteiger partial charge < -0.3 is 29.0 Å². The summed E-state index contributed by atoms with van der Waals surface area (Å²) >= 11 is 0. The molecule has 1 N–H and O–H groups in total. The number of unbranched alkanes of at least 4 members (excludes halogenated alkanes) is 1. The fourth-order valence-corrected chi connectivity index (χ4v) is 4.56. The fraction of sp³-hybridized carbons (Fsp3) is 0.278. The third kappa shape index (κ3) is 10.8. The van der Waals surface area contributed by atoms with Crippen LogP contribution in [0.3, 0.4) is 0 Å². The van der Waals surface area contributed by atoms with E-state index in [1.807, 2.05) is 60.7 Å². The van der Waals surface area contributed by atoms with Crippen LogP contribution in [0.2, 0.25) is 0 Å². The molecule has 0 saturated carbocycles. The Morgan fingerprint density at radius 1 is 0.705 bits per heavy atom. The number of nitrogens with zero attached hydrogens (tertiary/aromatic N) is 1. The van der Waals surface area contributed by atoms with E-state index in [0.717, 1.165) is 30.6 Å². The van der Waals surface area contributed by atoms with Gasteiger partial charge in [-0.05, 0) is 85.8 Å². The van der Waals surface area contributed by atoms with Crippen molar-refractivity contribution in [3.8, 4) is 23.0 Å². The first-order chi connectivity index (χ1) is 21.5. The van der Waals surface area contributed by atoms with E-state index >= 15 is 0 Å². The quantitative estimate of drug-likeness (QED) is 0.127. The van der Waals surface area contributed by atoms with Gasteiger partial charge in [0, 0.05) is 19.6 Å². The first kappa shape index (κ1) is 32.1. The standard InChI is InChI=1S/C36H39NO7/c1-2-41-34(35(38)39)27-29-16-18-30(19-17-29)42-26-25-37(24-10-9-13-28-11-5-3-6-12-28)36(40)44-33-22-20-32(21-23-33)43-31-14-7-4-8-15-31/h3-8,11-12,14-23,34H,2,9-10,13,24-27H2,1H3,(H,38,39). The van der Waals surface area contributed by atoms with Gasteiger partial charge in [0.1, 0.15) is 29.6 Å². The monoisotopic (exact) mass is 597 g/mol. The highest BCUT2D eigenvalue weighted by Gasteiger charge is 2.18. The summed E-state index contributed by atoms with van der Waals surface area (Å²) in [4.78, 5) is 26.3. The number of carboxylic acids is 1. The predicted molar refractivity (Wildman–Crippen MR) is 169 cm³/mol. The Bertz CT molecular complexity index is 1410. The number of benzene rings is 4. The van der Waals surface area contributed by atoms with Crippen LogP contribution >= 0.6 is 0 Å². The number of carbonyl (C=O) groups is 2. The molecule has 4 aromatic rings. The molecule has 0 saturated heterocycles. The van der Waals surface area contributed by atoms with Crippen molar-refractivity contribution in [3.05, 3.63) is 120 Å². The maximum atomic E-state index is 13.2. The number of para-hydroxylation sites is 1. The Hall–Kier alpha value is -4.82. The second kappa shape index (κ2) is 17.3. The average molecular weight is 598 g/mol. The molecule has 0 aliphatic heterocycles. The average Bonchev–Trinajstić information content (AvgIpc) is 3.04. The molecular formula is C36H39NO7. The number of carbonyl (C=O) groups excluding carboxylic acids is 1. The zero-order chi connectivity index (χ0) is 31.0. The molecule has 230 valence electrons. The Morgan fingerprint density at radius 3 is 1.98 bits per heavy atom. The number of hydrogen-bond donors (Lipinski definition) is 1. The summed E-state index contributed by atoms with van der Waals surface area (Å²) in [7, 11) is 0. The Balaban J connectivity index is 1.31. The lowest BCUT2D eigenvalue weighted by atomic mass is 10.1. The SMILES string of the molecule is CCOC(Cc1ccc(OCCN(CCCCc2ccccc2)C(=O)Oc2ccc(Oc3ccccc3)cc2)cc1)C(=O)O. The number of amides is 1. The molecule has 4 aromatic carbocycles. The van der Waals surface area contributed by atoms with Crippen LogP contribution in [0.4, 0.5) is 4.79 Å². The summed E-state index contributed by atoms with van der Waals surface area (Å²) in [5.41, 5.74) is 2.10. The lowest BCUT2D eigenvalue weighted by molar-refractivity contribution is -0.149. The van der Waals surface area contributed by atoms with Crippen LogP contribution in [0.15, 0.2) is 109 Å². The molecule has 0 aliphatic rings. The first-order valence-electron chi connectivity index (χ1n) is 14.9. The van der Waals surface area contributed by atoms with E-state index in [1.165, 1.54) is 5.56 Å². The largest absolute Gasteiger partial charge is 0.492 e. The van der Waals surface area contributed by atoms with Crippen LogP contribution in [-0.4, -0.2) is 54.5 Å². The zero-order valence-corrected chi connectivity index (χ0v) is 25.0. The van der Waals surface area contributed by atoms with E-state index in [1.54, 1.807) is 48.2 Å². The van der Waals surface area contributed by atoms with Crippen molar-refractivity contribution in [2.24, 2.45) is 0 Å². The number of rotatable bonds is 17. The third-order valence-electron chi connectivity index (χ3n) is 6.87. The summed E-state index contributed by atoms with van der Waals surface area (Å²) < 4.78 is 22.8. The number of hydrogen-bond acceptors (Lipinski definition) is 6. The van der Waals surface area contributed by atoms with E-state index in [2.05, 4.69) is 12.1 Å². The highest BCUT2D eigenvalue weighted by atomic mass is 16.6. The lowest BCUT2D eigenvalue weighted by Gasteiger charge is -2.22. The van der Waals surface area contributed by atoms with E-state index < -0.39 is 18.2 Å². The molecule has 1 unspecified atom stereocenters. The van der Waals surface area contributed by atoms with E-state index in [9.17, 15) is 14.7 Å². The van der Waals surface area contributed by atoms with Gasteiger partial charge in [0.15, 0.2) is 6.10 Å². The van der Waals surface area contributed by atoms with Gasteiger partial charge in [-0.25, -0.2) is 9.59 Å². The molecule has 0 radical (unpaired) electrons. The molecule has 0 fully saturated rings. The van der Waals surface area contributed by atoms with Crippen LogP contribution < -0.4 is 14.2 Å². The maximum absolute atomic E-state index is 13.2. The third-order valence-corrected chi connectivity index (χ3v) is 6.87. The molecule has 8 heteroatoms. The molecule has 44 heavy (non-hydrogen) atoms. The lowest BCUT2D eigenvalue weighted by Crippen LogP contribution is -2.37. The first-order valence-corrected chi connectivity index (χ1v) is 14.9. The van der Waals surface area contributed by atoms with Gasteiger partial charge in [0.05, 0.1) is 6.54 Å². The van der Waals surface area contributed by atoms with Crippen LogP contribution in [0.25, 0.3) is 0 Å². The van der Waals surface area contributed by atoms with Crippen molar-refractivity contribution >= 4 is 12.1 Å². The van der Waals surface area contributed by atoms with E-state index in [-0.39, 0.29) is 13.0 Å². The summed E-state index contributed by atoms with van der Waals surface area (Å²) in [6.45, 7) is 3.24. The van der Waals surface area contributed by atoms with Crippen molar-refractivity contribution in [1.82, 2.24) is 4.90 Å². The normalized spacial score (nSPS) is 11.4. The Labute approximate surface area is 258 Å². The van der Waals surface area contributed by atoms with Gasteiger partial charge in [-0.2, -0.15) is 0 Å². The van der Waals surface area contributed by atoms with Crippen molar-refractivity contribution in [3.63, 3.8) is 0 Å². The molecule has 1 amide bonds. The molecule has 1 atom stereocenters. The number of aryl methyl sites for hydroxylation is 1. The molecule has 0 spiro atoms. The summed E-state index contributed by atoms with van der Waals surface area (Å²) in [6, 6.07) is 33.9. The summed E-state index contributed by atoms with van der Waals surface area (Å²) in [6.07, 6.45) is 1.61. The number of carboxylic acid groups (broad SMARTS) is 1. The minimum absolute atomic E-state index is 0.269. The minimum Gasteiger partial charge on any atom is -0.492 e. The van der Waals surface area contributed by atoms with E-state index in [0.29, 0.717) is 36.9 Å². The Kier molecular flexibility index (Phi) is 12.6. The molecule has 0 heterocycles. The van der Waals surface area contributed by atoms with Crippen molar-refractivity contribution in [2.75, 3.05) is 26.3 Å². The summed E-state index contributed by atoms with van der Waals surface area (Å²) in [5.74, 6) is 1.43. The van der Waals surface area contributed by atoms with Crippen molar-refractivity contribution < 1.29 is 33.6 Å². The maximum Gasteiger partial charge on any atom is 0.415 e. The Morgan fingerprint density at radius 2 is 1.32 bits per heavy atom. The zero-order valence-electron chi connectivity index (χ0n) is 25.0.